The Hall–Kier alpha value is -6.09. The molecule has 50 heavy (non-hydrogen) atoms. The third-order valence-corrected chi connectivity index (χ3v) is 11.7. The van der Waals surface area contributed by atoms with Gasteiger partial charge in [0.05, 0.1) is 11.0 Å². The van der Waals surface area contributed by atoms with Gasteiger partial charge in [0.1, 0.15) is 0 Å². The first kappa shape index (κ1) is 27.8. The summed E-state index contributed by atoms with van der Waals surface area (Å²) in [7, 11) is 0. The lowest BCUT2D eigenvalue weighted by Gasteiger charge is -2.21. The molecule has 0 unspecified atom stereocenters. The fourth-order valence-corrected chi connectivity index (χ4v) is 9.50. The molecule has 0 N–H and O–H groups in total. The highest BCUT2D eigenvalue weighted by Gasteiger charge is 2.22. The zero-order valence-electron chi connectivity index (χ0n) is 27.1. The number of hydrogen-bond acceptors (Lipinski definition) is 1. The van der Waals surface area contributed by atoms with Crippen molar-refractivity contribution < 1.29 is 0 Å². The highest BCUT2D eigenvalue weighted by molar-refractivity contribution is 7.99. The fourth-order valence-electron chi connectivity index (χ4n) is 8.37. The summed E-state index contributed by atoms with van der Waals surface area (Å²) >= 11 is 1.88. The molecule has 10 aromatic rings. The Morgan fingerprint density at radius 2 is 0.980 bits per heavy atom. The number of rotatable bonds is 3. The van der Waals surface area contributed by atoms with Crippen LogP contribution in [0.5, 0.6) is 0 Å². The molecule has 9 aromatic carbocycles. The quantitative estimate of drug-likeness (QED) is 0.184. The van der Waals surface area contributed by atoms with Crippen LogP contribution in [0, 0.1) is 0 Å². The monoisotopic (exact) mass is 651 g/mol. The molecule has 1 aliphatic rings. The molecule has 11 rings (SSSR count). The molecule has 0 spiro atoms. The van der Waals surface area contributed by atoms with E-state index in [1.807, 2.05) is 11.8 Å². The second-order valence-electron chi connectivity index (χ2n) is 13.2. The van der Waals surface area contributed by atoms with Crippen LogP contribution in [0.4, 0.5) is 0 Å². The minimum absolute atomic E-state index is 1.18. The molecule has 0 atom stereocenters. The van der Waals surface area contributed by atoms with Crippen LogP contribution in [0.2, 0.25) is 0 Å². The van der Waals surface area contributed by atoms with Gasteiger partial charge in [0.2, 0.25) is 0 Å². The largest absolute Gasteiger partial charge is 0.308 e. The lowest BCUT2D eigenvalue weighted by Crippen LogP contribution is -1.95. The van der Waals surface area contributed by atoms with Gasteiger partial charge in [-0.2, -0.15) is 0 Å². The molecule has 0 saturated carbocycles. The Balaban J connectivity index is 1.13. The molecule has 232 valence electrons. The smallest absolute Gasteiger partial charge is 0.0620 e. The second kappa shape index (κ2) is 10.7. The molecule has 0 bridgehead atoms. The minimum Gasteiger partial charge on any atom is -0.308 e. The van der Waals surface area contributed by atoms with E-state index < -0.39 is 0 Å². The topological polar surface area (TPSA) is 4.93 Å². The van der Waals surface area contributed by atoms with Gasteiger partial charge in [-0.15, -0.1) is 0 Å². The van der Waals surface area contributed by atoms with E-state index in [0.29, 0.717) is 0 Å². The first-order valence-corrected chi connectivity index (χ1v) is 18.0. The lowest BCUT2D eigenvalue weighted by molar-refractivity contribution is 1.19. The summed E-state index contributed by atoms with van der Waals surface area (Å²) in [5.74, 6) is 0. The van der Waals surface area contributed by atoms with Gasteiger partial charge in [-0.1, -0.05) is 157 Å². The SMILES string of the molecule is c1ccc(-n2c3c4ccccc4ccc3c3cc(-c4ccc(-c5ccc6c7c(cccc57)-c5ccccc5S6)cc4)c4ccccc4c32)cc1. The van der Waals surface area contributed by atoms with Gasteiger partial charge in [-0.05, 0) is 79.9 Å². The number of aromatic nitrogens is 1. The van der Waals surface area contributed by atoms with E-state index in [1.54, 1.807) is 0 Å². The molecule has 1 nitrogen and oxygen atoms in total. The van der Waals surface area contributed by atoms with Crippen molar-refractivity contribution in [2.45, 2.75) is 9.79 Å². The molecule has 0 radical (unpaired) electrons. The van der Waals surface area contributed by atoms with Crippen molar-refractivity contribution in [3.05, 3.63) is 176 Å². The van der Waals surface area contributed by atoms with Crippen LogP contribution in [0.15, 0.2) is 186 Å². The summed E-state index contributed by atoms with van der Waals surface area (Å²) in [5.41, 5.74) is 11.3. The third-order valence-electron chi connectivity index (χ3n) is 10.6. The Morgan fingerprint density at radius 3 is 1.84 bits per heavy atom. The zero-order chi connectivity index (χ0) is 32.8. The second-order valence-corrected chi connectivity index (χ2v) is 14.3. The number of para-hydroxylation sites is 1. The molecule has 0 saturated heterocycles. The summed E-state index contributed by atoms with van der Waals surface area (Å²) in [5, 5.41) is 10.2. The first-order chi connectivity index (χ1) is 24.8. The van der Waals surface area contributed by atoms with Crippen LogP contribution in [-0.2, 0) is 0 Å². The van der Waals surface area contributed by atoms with E-state index in [1.165, 1.54) is 103 Å². The Kier molecular flexibility index (Phi) is 5.96. The average molecular weight is 652 g/mol. The molecule has 0 fully saturated rings. The van der Waals surface area contributed by atoms with Gasteiger partial charge in [-0.3, -0.25) is 0 Å². The first-order valence-electron chi connectivity index (χ1n) is 17.2. The molecule has 2 heteroatoms. The summed E-state index contributed by atoms with van der Waals surface area (Å²) in [4.78, 5) is 2.66. The lowest BCUT2D eigenvalue weighted by atomic mass is 9.91. The van der Waals surface area contributed by atoms with Gasteiger partial charge in [0.15, 0.2) is 0 Å². The van der Waals surface area contributed by atoms with Gasteiger partial charge < -0.3 is 4.57 Å². The molecule has 1 aromatic heterocycles. The van der Waals surface area contributed by atoms with Crippen LogP contribution in [0.1, 0.15) is 0 Å². The molecule has 0 aliphatic carbocycles. The van der Waals surface area contributed by atoms with Crippen LogP contribution in [0.3, 0.4) is 0 Å². The van der Waals surface area contributed by atoms with Crippen molar-refractivity contribution in [3.63, 3.8) is 0 Å². The highest BCUT2D eigenvalue weighted by Crippen LogP contribution is 2.50. The standard InChI is InChI=1S/C48H29NS/c1-2-12-33(13-3-1)49-47-35-14-5-4-11-30(35)25-26-41(47)43-29-42(36-15-6-7-17-40(36)48(43)49)32-23-21-31(22-24-32)34-27-28-45-46-38(34)18-10-19-39(46)37-16-8-9-20-44(37)50-45/h1-29H. The Bertz CT molecular complexity index is 2990. The summed E-state index contributed by atoms with van der Waals surface area (Å²) in [6, 6.07) is 64.9. The molecular formula is C48H29NS. The summed E-state index contributed by atoms with van der Waals surface area (Å²) in [6.07, 6.45) is 0. The molecule has 2 heterocycles. The van der Waals surface area contributed by atoms with Gasteiger partial charge in [-0.25, -0.2) is 0 Å². The third kappa shape index (κ3) is 3.97. The molecule has 1 aliphatic heterocycles. The van der Waals surface area contributed by atoms with Crippen molar-refractivity contribution >= 4 is 65.9 Å². The van der Waals surface area contributed by atoms with Crippen LogP contribution in [-0.4, -0.2) is 4.57 Å². The number of nitrogens with zero attached hydrogens (tertiary/aromatic N) is 1. The molecular weight excluding hydrogens is 623 g/mol. The van der Waals surface area contributed by atoms with Gasteiger partial charge >= 0.3 is 0 Å². The predicted molar refractivity (Wildman–Crippen MR) is 214 cm³/mol. The van der Waals surface area contributed by atoms with Crippen molar-refractivity contribution in [3.8, 4) is 39.1 Å². The Labute approximate surface area is 294 Å². The summed E-state index contributed by atoms with van der Waals surface area (Å²) < 4.78 is 2.48. The predicted octanol–water partition coefficient (Wildman–Crippen LogP) is 13.7. The fraction of sp³-hybridized carbons (Fsp3) is 0. The van der Waals surface area contributed by atoms with Crippen molar-refractivity contribution in [2.75, 3.05) is 0 Å². The van der Waals surface area contributed by atoms with Crippen molar-refractivity contribution in [1.82, 2.24) is 4.57 Å². The highest BCUT2D eigenvalue weighted by atomic mass is 32.2. The van der Waals surface area contributed by atoms with Crippen LogP contribution >= 0.6 is 11.8 Å². The number of fused-ring (bicyclic) bond motifs is 9. The van der Waals surface area contributed by atoms with E-state index in [2.05, 4.69) is 180 Å². The maximum Gasteiger partial charge on any atom is 0.0620 e. The maximum absolute atomic E-state index is 2.48. The van der Waals surface area contributed by atoms with E-state index in [-0.39, 0.29) is 0 Å². The van der Waals surface area contributed by atoms with Crippen molar-refractivity contribution in [2.24, 2.45) is 0 Å². The van der Waals surface area contributed by atoms with E-state index in [9.17, 15) is 0 Å². The number of hydrogen-bond donors (Lipinski definition) is 0. The van der Waals surface area contributed by atoms with Crippen LogP contribution < -0.4 is 0 Å². The zero-order valence-corrected chi connectivity index (χ0v) is 27.9. The normalized spacial score (nSPS) is 12.3. The number of benzene rings is 9. The average Bonchev–Trinajstić information content (AvgIpc) is 3.53. The van der Waals surface area contributed by atoms with Gasteiger partial charge in [0, 0.05) is 42.4 Å². The van der Waals surface area contributed by atoms with Crippen molar-refractivity contribution in [1.29, 1.82) is 0 Å². The van der Waals surface area contributed by atoms with Crippen LogP contribution in [0.25, 0.3) is 93.2 Å². The van der Waals surface area contributed by atoms with E-state index >= 15 is 0 Å². The minimum atomic E-state index is 1.18. The summed E-state index contributed by atoms with van der Waals surface area (Å²) in [6.45, 7) is 0. The van der Waals surface area contributed by atoms with E-state index in [0.717, 1.165) is 0 Å². The molecule has 0 amide bonds. The maximum atomic E-state index is 2.48. The van der Waals surface area contributed by atoms with Gasteiger partial charge in [0.25, 0.3) is 0 Å². The Morgan fingerprint density at radius 1 is 0.340 bits per heavy atom. The van der Waals surface area contributed by atoms with E-state index in [4.69, 9.17) is 0 Å².